The number of hydrogen-bond acceptors (Lipinski definition) is 3. The SMILES string of the molecule is Clc1ccccc1-c1nc(-c2ccccc2)c(C2=CC=CCC2)n1C1(c2ccccc2Cl)N=C(c2ccccc2)C(c2ccccc2)N1. The summed E-state index contributed by atoms with van der Waals surface area (Å²) in [5.41, 5.74) is 8.65. The third kappa shape index (κ3) is 5.32. The molecule has 48 heavy (non-hydrogen) atoms. The Balaban J connectivity index is 1.54. The molecule has 1 aromatic heterocycles. The lowest BCUT2D eigenvalue weighted by Gasteiger charge is -2.35. The maximum absolute atomic E-state index is 7.23. The largest absolute Gasteiger partial charge is 0.281 e. The quantitative estimate of drug-likeness (QED) is 0.185. The Kier molecular flexibility index (Phi) is 8.15. The number of halogens is 2. The van der Waals surface area contributed by atoms with Crippen molar-refractivity contribution in [1.29, 1.82) is 0 Å². The molecular formula is C42H32Cl2N4. The van der Waals surface area contributed by atoms with Gasteiger partial charge in [0.15, 0.2) is 0 Å². The lowest BCUT2D eigenvalue weighted by atomic mass is 9.96. The molecule has 5 aromatic carbocycles. The summed E-state index contributed by atoms with van der Waals surface area (Å²) < 4.78 is 2.26. The maximum atomic E-state index is 7.23. The van der Waals surface area contributed by atoms with Gasteiger partial charge in [-0.1, -0.05) is 163 Å². The van der Waals surface area contributed by atoms with Gasteiger partial charge in [0.25, 0.3) is 0 Å². The summed E-state index contributed by atoms with van der Waals surface area (Å²) in [6, 6.07) is 46.8. The topological polar surface area (TPSA) is 42.2 Å². The average molecular weight is 664 g/mol. The van der Waals surface area contributed by atoms with Crippen LogP contribution in [0, 0.1) is 0 Å². The number of benzene rings is 5. The van der Waals surface area contributed by atoms with Crippen molar-refractivity contribution in [2.24, 2.45) is 4.99 Å². The lowest BCUT2D eigenvalue weighted by molar-refractivity contribution is 0.303. The van der Waals surface area contributed by atoms with Gasteiger partial charge in [0.2, 0.25) is 5.79 Å². The second-order valence-electron chi connectivity index (χ2n) is 12.0. The van der Waals surface area contributed by atoms with E-state index in [1.165, 1.54) is 0 Å². The van der Waals surface area contributed by atoms with Gasteiger partial charge in [-0.2, -0.15) is 0 Å². The van der Waals surface area contributed by atoms with Gasteiger partial charge in [0, 0.05) is 21.7 Å². The molecule has 8 rings (SSSR count). The molecule has 0 spiro atoms. The minimum Gasteiger partial charge on any atom is -0.281 e. The Hall–Kier alpha value is -5.00. The van der Waals surface area contributed by atoms with Crippen LogP contribution in [0.1, 0.15) is 41.3 Å². The highest BCUT2D eigenvalue weighted by molar-refractivity contribution is 6.33. The number of aliphatic imine (C=N–C) groups is 1. The summed E-state index contributed by atoms with van der Waals surface area (Å²) in [7, 11) is 0. The van der Waals surface area contributed by atoms with E-state index in [1.807, 2.05) is 60.7 Å². The van der Waals surface area contributed by atoms with Gasteiger partial charge in [-0.25, -0.2) is 9.98 Å². The zero-order valence-corrected chi connectivity index (χ0v) is 27.6. The summed E-state index contributed by atoms with van der Waals surface area (Å²) in [4.78, 5) is 11.3. The predicted octanol–water partition coefficient (Wildman–Crippen LogP) is 10.7. The summed E-state index contributed by atoms with van der Waals surface area (Å²) >= 11 is 14.3. The third-order valence-electron chi connectivity index (χ3n) is 9.03. The molecule has 6 aromatic rings. The van der Waals surface area contributed by atoms with E-state index in [0.29, 0.717) is 15.9 Å². The average Bonchev–Trinajstić information content (AvgIpc) is 3.75. The van der Waals surface area contributed by atoms with Gasteiger partial charge < -0.3 is 0 Å². The van der Waals surface area contributed by atoms with Crippen molar-refractivity contribution in [3.63, 3.8) is 0 Å². The Bertz CT molecular complexity index is 2190. The fourth-order valence-electron chi connectivity index (χ4n) is 6.84. The van der Waals surface area contributed by atoms with Gasteiger partial charge in [-0.15, -0.1) is 0 Å². The predicted molar refractivity (Wildman–Crippen MR) is 198 cm³/mol. The number of nitrogens with one attached hydrogen (secondary N) is 1. The van der Waals surface area contributed by atoms with Crippen LogP contribution >= 0.6 is 23.2 Å². The molecular weight excluding hydrogens is 631 g/mol. The Morgan fingerprint density at radius 1 is 0.688 bits per heavy atom. The molecule has 4 nitrogen and oxygen atoms in total. The molecule has 2 aliphatic rings. The first kappa shape index (κ1) is 30.3. The zero-order valence-electron chi connectivity index (χ0n) is 26.1. The molecule has 234 valence electrons. The molecule has 0 radical (unpaired) electrons. The Labute approximate surface area is 290 Å². The number of rotatable bonds is 7. The van der Waals surface area contributed by atoms with Crippen LogP contribution in [0.15, 0.2) is 163 Å². The summed E-state index contributed by atoms with van der Waals surface area (Å²) in [6.07, 6.45) is 8.31. The van der Waals surface area contributed by atoms with Crippen LogP contribution < -0.4 is 5.32 Å². The normalized spacial score (nSPS) is 18.8. The molecule has 2 atom stereocenters. The Morgan fingerprint density at radius 3 is 1.98 bits per heavy atom. The second kappa shape index (κ2) is 12.9. The van der Waals surface area contributed by atoms with Crippen LogP contribution in [-0.4, -0.2) is 15.3 Å². The van der Waals surface area contributed by atoms with E-state index in [1.54, 1.807) is 0 Å². The Morgan fingerprint density at radius 2 is 1.31 bits per heavy atom. The van der Waals surface area contributed by atoms with Crippen molar-refractivity contribution < 1.29 is 0 Å². The van der Waals surface area contributed by atoms with Crippen LogP contribution in [0.25, 0.3) is 28.2 Å². The van der Waals surface area contributed by atoms with E-state index in [-0.39, 0.29) is 6.04 Å². The molecule has 1 aliphatic heterocycles. The van der Waals surface area contributed by atoms with Crippen LogP contribution in [0.4, 0.5) is 0 Å². The first-order valence-corrected chi connectivity index (χ1v) is 16.9. The van der Waals surface area contributed by atoms with Crippen molar-refractivity contribution in [3.05, 3.63) is 190 Å². The smallest absolute Gasteiger partial charge is 0.222 e. The van der Waals surface area contributed by atoms with E-state index >= 15 is 0 Å². The number of hydrogen-bond donors (Lipinski definition) is 1. The highest BCUT2D eigenvalue weighted by Gasteiger charge is 2.48. The number of nitrogens with zero attached hydrogens (tertiary/aromatic N) is 3. The summed E-state index contributed by atoms with van der Waals surface area (Å²) in [5, 5.41) is 5.26. The standard InChI is InChI=1S/C42H32Cl2N4/c43-35-27-15-13-25-33(35)41-45-39(31-21-9-3-10-22-31)40(32-23-11-4-12-24-32)48(41)42(34-26-14-16-28-36(34)44)46-37(29-17-5-1-6-18-29)38(47-42)30-19-7-2-8-20-30/h1-11,13-23,25-28,37,46H,12,24H2. The molecule has 0 saturated heterocycles. The number of aromatic nitrogens is 2. The van der Waals surface area contributed by atoms with Crippen molar-refractivity contribution in [3.8, 4) is 22.6 Å². The molecule has 2 unspecified atom stereocenters. The van der Waals surface area contributed by atoms with Crippen molar-refractivity contribution in [2.75, 3.05) is 0 Å². The van der Waals surface area contributed by atoms with Crippen molar-refractivity contribution >= 4 is 34.5 Å². The van der Waals surface area contributed by atoms with Crippen LogP contribution in [-0.2, 0) is 5.79 Å². The van der Waals surface area contributed by atoms with E-state index < -0.39 is 5.79 Å². The summed E-state index contributed by atoms with van der Waals surface area (Å²) in [5.74, 6) is -0.516. The highest BCUT2D eigenvalue weighted by atomic mass is 35.5. The molecule has 1 aliphatic carbocycles. The van der Waals surface area contributed by atoms with Gasteiger partial charge in [-0.05, 0) is 47.7 Å². The first-order chi connectivity index (χ1) is 23.6. The van der Waals surface area contributed by atoms with Crippen LogP contribution in [0.2, 0.25) is 10.0 Å². The highest BCUT2D eigenvalue weighted by Crippen LogP contribution is 2.48. The van der Waals surface area contributed by atoms with Gasteiger partial charge in [-0.3, -0.25) is 9.88 Å². The van der Waals surface area contributed by atoms with Crippen LogP contribution in [0.5, 0.6) is 0 Å². The van der Waals surface area contributed by atoms with Crippen molar-refractivity contribution in [2.45, 2.75) is 24.7 Å². The molecule has 2 heterocycles. The second-order valence-corrected chi connectivity index (χ2v) is 12.8. The summed E-state index contributed by atoms with van der Waals surface area (Å²) in [6.45, 7) is 0. The lowest BCUT2D eigenvalue weighted by Crippen LogP contribution is -2.46. The van der Waals surface area contributed by atoms with Crippen molar-refractivity contribution in [1.82, 2.24) is 14.9 Å². The fourth-order valence-corrected chi connectivity index (χ4v) is 7.32. The minimum atomic E-state index is -1.21. The monoisotopic (exact) mass is 662 g/mol. The van der Waals surface area contributed by atoms with E-state index in [4.69, 9.17) is 33.2 Å². The molecule has 0 saturated carbocycles. The molecule has 0 fully saturated rings. The van der Waals surface area contributed by atoms with Gasteiger partial charge >= 0.3 is 0 Å². The van der Waals surface area contributed by atoms with E-state index in [9.17, 15) is 0 Å². The number of imidazole rings is 1. The van der Waals surface area contributed by atoms with E-state index in [0.717, 1.165) is 63.3 Å². The molecule has 0 amide bonds. The number of allylic oxidation sites excluding steroid dienone is 4. The maximum Gasteiger partial charge on any atom is 0.222 e. The van der Waals surface area contributed by atoms with E-state index in [2.05, 4.69) is 107 Å². The van der Waals surface area contributed by atoms with Crippen LogP contribution in [0.3, 0.4) is 0 Å². The van der Waals surface area contributed by atoms with Gasteiger partial charge in [0.1, 0.15) is 5.82 Å². The third-order valence-corrected chi connectivity index (χ3v) is 9.69. The zero-order chi connectivity index (χ0) is 32.5. The first-order valence-electron chi connectivity index (χ1n) is 16.2. The fraction of sp³-hybridized carbons (Fsp3) is 0.0952. The minimum absolute atomic E-state index is 0.264. The molecule has 0 bridgehead atoms. The molecule has 6 heteroatoms. The molecule has 1 N–H and O–H groups in total. The van der Waals surface area contributed by atoms with Gasteiger partial charge in [0.05, 0.1) is 28.2 Å².